The van der Waals surface area contributed by atoms with Crippen LogP contribution in [0.4, 0.5) is 0 Å². The van der Waals surface area contributed by atoms with Crippen molar-refractivity contribution < 1.29 is 4.79 Å². The fourth-order valence-corrected chi connectivity index (χ4v) is 3.26. The smallest absolute Gasteiger partial charge is 0.224 e. The van der Waals surface area contributed by atoms with Crippen molar-refractivity contribution in [1.29, 1.82) is 0 Å². The molecule has 1 aliphatic carbocycles. The lowest BCUT2D eigenvalue weighted by molar-refractivity contribution is -0.123. The molecule has 0 spiro atoms. The summed E-state index contributed by atoms with van der Waals surface area (Å²) in [5.41, 5.74) is 2.69. The number of hydrogen-bond acceptors (Lipinski definition) is 2. The lowest BCUT2D eigenvalue weighted by atomic mass is 10.00. The van der Waals surface area contributed by atoms with Gasteiger partial charge in [-0.2, -0.15) is 0 Å². The average Bonchev–Trinajstić information content (AvgIpc) is 3.29. The largest absolute Gasteiger partial charge is 0.352 e. The van der Waals surface area contributed by atoms with Crippen LogP contribution in [0.5, 0.6) is 0 Å². The predicted octanol–water partition coefficient (Wildman–Crippen LogP) is 3.20. The van der Waals surface area contributed by atoms with E-state index < -0.39 is 0 Å². The van der Waals surface area contributed by atoms with Gasteiger partial charge in [0.05, 0.1) is 0 Å². The van der Waals surface area contributed by atoms with Crippen LogP contribution in [-0.4, -0.2) is 25.0 Å². The van der Waals surface area contributed by atoms with Crippen molar-refractivity contribution in [1.82, 2.24) is 10.6 Å². The van der Waals surface area contributed by atoms with Crippen LogP contribution in [0.3, 0.4) is 0 Å². The number of amides is 1. The highest BCUT2D eigenvalue weighted by Crippen LogP contribution is 2.47. The van der Waals surface area contributed by atoms with Gasteiger partial charge >= 0.3 is 0 Å². The summed E-state index contributed by atoms with van der Waals surface area (Å²) >= 11 is 0. The summed E-state index contributed by atoms with van der Waals surface area (Å²) in [6, 6.07) is 9.15. The second kappa shape index (κ2) is 7.47. The third kappa shape index (κ3) is 4.02. The molecule has 1 amide bonds. The molecule has 0 aromatic heterocycles. The Hall–Kier alpha value is -1.06. The van der Waals surface area contributed by atoms with Crippen LogP contribution >= 0.6 is 12.4 Å². The molecule has 122 valence electrons. The van der Waals surface area contributed by atoms with E-state index >= 15 is 0 Å². The molecule has 1 aliphatic heterocycles. The molecule has 3 atom stereocenters. The summed E-state index contributed by atoms with van der Waals surface area (Å²) in [7, 11) is 0. The highest BCUT2D eigenvalue weighted by molar-refractivity contribution is 5.85. The van der Waals surface area contributed by atoms with Crippen LogP contribution in [0.25, 0.3) is 0 Å². The van der Waals surface area contributed by atoms with E-state index in [9.17, 15) is 4.79 Å². The van der Waals surface area contributed by atoms with Crippen molar-refractivity contribution in [2.75, 3.05) is 13.1 Å². The maximum Gasteiger partial charge on any atom is 0.224 e. The van der Waals surface area contributed by atoms with E-state index in [1.54, 1.807) is 0 Å². The van der Waals surface area contributed by atoms with Gasteiger partial charge in [-0.1, -0.05) is 38.1 Å². The van der Waals surface area contributed by atoms with Crippen LogP contribution in [0.1, 0.15) is 56.1 Å². The van der Waals surface area contributed by atoms with E-state index in [0.717, 1.165) is 32.4 Å². The van der Waals surface area contributed by atoms with E-state index in [4.69, 9.17) is 0 Å². The maximum absolute atomic E-state index is 12.3. The summed E-state index contributed by atoms with van der Waals surface area (Å²) < 4.78 is 0. The van der Waals surface area contributed by atoms with Gasteiger partial charge in [-0.05, 0) is 48.8 Å². The normalized spacial score (nSPS) is 27.1. The number of hydrogen-bond donors (Lipinski definition) is 2. The summed E-state index contributed by atoms with van der Waals surface area (Å²) in [5, 5.41) is 6.55. The van der Waals surface area contributed by atoms with Crippen LogP contribution in [0.15, 0.2) is 24.3 Å². The highest BCUT2D eigenvalue weighted by atomic mass is 35.5. The third-order valence-corrected chi connectivity index (χ3v) is 4.80. The fraction of sp³-hybridized carbons (Fsp3) is 0.611. The zero-order valence-electron chi connectivity index (χ0n) is 13.5. The van der Waals surface area contributed by atoms with Crippen molar-refractivity contribution in [2.24, 2.45) is 5.92 Å². The number of halogens is 1. The average molecular weight is 323 g/mol. The molecule has 3 rings (SSSR count). The first-order chi connectivity index (χ1) is 10.1. The van der Waals surface area contributed by atoms with Gasteiger partial charge in [0.25, 0.3) is 0 Å². The van der Waals surface area contributed by atoms with Crippen LogP contribution < -0.4 is 10.6 Å². The molecule has 0 bridgehead atoms. The Labute approximate surface area is 139 Å². The molecule has 1 saturated carbocycles. The van der Waals surface area contributed by atoms with Crippen LogP contribution in [0, 0.1) is 5.92 Å². The molecular weight excluding hydrogens is 296 g/mol. The molecule has 2 fully saturated rings. The molecule has 2 N–H and O–H groups in total. The van der Waals surface area contributed by atoms with E-state index in [0.29, 0.717) is 17.9 Å². The zero-order chi connectivity index (χ0) is 14.8. The van der Waals surface area contributed by atoms with Gasteiger partial charge in [-0.25, -0.2) is 0 Å². The number of piperidine rings is 1. The minimum absolute atomic E-state index is 0. The Morgan fingerprint density at radius 1 is 1.27 bits per heavy atom. The molecule has 2 unspecified atom stereocenters. The zero-order valence-corrected chi connectivity index (χ0v) is 14.3. The van der Waals surface area contributed by atoms with Gasteiger partial charge in [0.2, 0.25) is 5.91 Å². The van der Waals surface area contributed by atoms with Gasteiger partial charge < -0.3 is 10.6 Å². The highest BCUT2D eigenvalue weighted by Gasteiger charge is 2.44. The second-order valence-corrected chi connectivity index (χ2v) is 6.82. The number of carbonyl (C=O) groups is 1. The van der Waals surface area contributed by atoms with Gasteiger partial charge in [-0.15, -0.1) is 12.4 Å². The van der Waals surface area contributed by atoms with Crippen molar-refractivity contribution in [3.8, 4) is 0 Å². The molecular formula is C18H27ClN2O. The summed E-state index contributed by atoms with van der Waals surface area (Å²) in [5.74, 6) is 1.44. The van der Waals surface area contributed by atoms with E-state index in [-0.39, 0.29) is 24.2 Å². The minimum atomic E-state index is 0. The SMILES string of the molecule is CC(C)c1ccc(C2CC2C(=O)N[C@H]2CCCNC2)cc1.Cl. The molecule has 1 saturated heterocycles. The molecule has 1 aromatic carbocycles. The first-order valence-corrected chi connectivity index (χ1v) is 8.26. The molecule has 1 heterocycles. The molecule has 4 heteroatoms. The third-order valence-electron chi connectivity index (χ3n) is 4.80. The molecule has 3 nitrogen and oxygen atoms in total. The van der Waals surface area contributed by atoms with E-state index in [1.165, 1.54) is 11.1 Å². The first-order valence-electron chi connectivity index (χ1n) is 8.26. The van der Waals surface area contributed by atoms with Gasteiger partial charge in [0, 0.05) is 18.5 Å². The Bertz CT molecular complexity index is 494. The van der Waals surface area contributed by atoms with Gasteiger partial charge in [-0.3, -0.25) is 4.79 Å². The first kappa shape index (κ1) is 17.3. The summed E-state index contributed by atoms with van der Waals surface area (Å²) in [6.45, 7) is 6.42. The Kier molecular flexibility index (Phi) is 5.87. The Balaban J connectivity index is 0.00000176. The van der Waals surface area contributed by atoms with Crippen molar-refractivity contribution in [3.63, 3.8) is 0 Å². The number of benzene rings is 1. The minimum Gasteiger partial charge on any atom is -0.352 e. The van der Waals surface area contributed by atoms with Crippen LogP contribution in [0.2, 0.25) is 0 Å². The van der Waals surface area contributed by atoms with E-state index in [2.05, 4.69) is 48.7 Å². The summed E-state index contributed by atoms with van der Waals surface area (Å²) in [6.07, 6.45) is 3.28. The number of rotatable bonds is 4. The standard InChI is InChI=1S/C18H26N2O.ClH/c1-12(2)13-5-7-14(8-6-13)16-10-17(16)18(21)20-15-4-3-9-19-11-15;/h5-8,12,15-17,19H,3-4,9-11H2,1-2H3,(H,20,21);1H/t15-,16?,17?;/m0./s1. The lowest BCUT2D eigenvalue weighted by Gasteiger charge is -2.23. The molecule has 1 aromatic rings. The fourth-order valence-electron chi connectivity index (χ4n) is 3.26. The molecule has 0 radical (unpaired) electrons. The second-order valence-electron chi connectivity index (χ2n) is 6.82. The molecule has 22 heavy (non-hydrogen) atoms. The molecule has 2 aliphatic rings. The topological polar surface area (TPSA) is 41.1 Å². The van der Waals surface area contributed by atoms with Gasteiger partial charge in [0.15, 0.2) is 0 Å². The summed E-state index contributed by atoms with van der Waals surface area (Å²) in [4.78, 5) is 12.3. The quantitative estimate of drug-likeness (QED) is 0.893. The van der Waals surface area contributed by atoms with E-state index in [1.807, 2.05) is 0 Å². The van der Waals surface area contributed by atoms with Crippen molar-refractivity contribution in [2.45, 2.75) is 51.0 Å². The van der Waals surface area contributed by atoms with Crippen molar-refractivity contribution in [3.05, 3.63) is 35.4 Å². The number of carbonyl (C=O) groups excluding carboxylic acids is 1. The predicted molar refractivity (Wildman–Crippen MR) is 92.7 cm³/mol. The van der Waals surface area contributed by atoms with Gasteiger partial charge in [0.1, 0.15) is 0 Å². The Morgan fingerprint density at radius 3 is 2.59 bits per heavy atom. The Morgan fingerprint density at radius 2 is 2.00 bits per heavy atom. The maximum atomic E-state index is 12.3. The lowest BCUT2D eigenvalue weighted by Crippen LogP contribution is -2.46. The van der Waals surface area contributed by atoms with Crippen LogP contribution in [-0.2, 0) is 4.79 Å². The monoisotopic (exact) mass is 322 g/mol. The number of nitrogens with one attached hydrogen (secondary N) is 2. The van der Waals surface area contributed by atoms with Crippen molar-refractivity contribution >= 4 is 18.3 Å².